The van der Waals surface area contributed by atoms with E-state index in [2.05, 4.69) is 18.7 Å². The molecule has 1 rings (SSSR count). The van der Waals surface area contributed by atoms with Crippen LogP contribution in [0.4, 0.5) is 0 Å². The average molecular weight is 201 g/mol. The first-order chi connectivity index (χ1) is 6.75. The molecule has 14 heavy (non-hydrogen) atoms. The fourth-order valence-corrected chi connectivity index (χ4v) is 2.06. The van der Waals surface area contributed by atoms with Gasteiger partial charge in [0.1, 0.15) is 0 Å². The molecule has 0 aromatic heterocycles. The van der Waals surface area contributed by atoms with Gasteiger partial charge in [-0.05, 0) is 39.7 Å². The summed E-state index contributed by atoms with van der Waals surface area (Å²) in [6, 6.07) is 1.10. The van der Waals surface area contributed by atoms with Crippen molar-refractivity contribution >= 4 is 0 Å². The summed E-state index contributed by atoms with van der Waals surface area (Å²) in [5.41, 5.74) is 0. The van der Waals surface area contributed by atoms with Crippen molar-refractivity contribution in [3.05, 3.63) is 0 Å². The predicted octanol–water partition coefficient (Wildman–Crippen LogP) is 1.26. The molecule has 3 heteroatoms. The predicted molar refractivity (Wildman–Crippen MR) is 57.4 cm³/mol. The van der Waals surface area contributed by atoms with E-state index in [1.807, 2.05) is 0 Å². The zero-order valence-corrected chi connectivity index (χ0v) is 9.41. The molecule has 0 aliphatic carbocycles. The van der Waals surface area contributed by atoms with Crippen LogP contribution < -0.4 is 0 Å². The Bertz CT molecular complexity index is 142. The normalized spacial score (nSPS) is 29.4. The maximum Gasteiger partial charge on any atom is 0.0620 e. The Labute approximate surface area is 87.1 Å². The fourth-order valence-electron chi connectivity index (χ4n) is 2.06. The molecule has 0 saturated carbocycles. The van der Waals surface area contributed by atoms with E-state index in [1.54, 1.807) is 0 Å². The van der Waals surface area contributed by atoms with Crippen molar-refractivity contribution in [1.29, 1.82) is 0 Å². The number of aliphatic hydroxyl groups is 1. The number of unbranched alkanes of at least 4 members (excludes halogenated alkanes) is 2. The van der Waals surface area contributed by atoms with Crippen LogP contribution in [0.25, 0.3) is 0 Å². The molecule has 1 aliphatic rings. The third-order valence-corrected chi connectivity index (χ3v) is 2.92. The van der Waals surface area contributed by atoms with Crippen LogP contribution in [0, 0.1) is 0 Å². The van der Waals surface area contributed by atoms with Crippen LogP contribution in [-0.2, 0) is 4.74 Å². The van der Waals surface area contributed by atoms with Gasteiger partial charge in [0.25, 0.3) is 0 Å². The summed E-state index contributed by atoms with van der Waals surface area (Å²) in [4.78, 5) is 2.51. The molecule has 1 aliphatic heterocycles. The third kappa shape index (κ3) is 3.56. The van der Waals surface area contributed by atoms with Crippen LogP contribution in [0.1, 0.15) is 33.1 Å². The van der Waals surface area contributed by atoms with Gasteiger partial charge in [-0.25, -0.2) is 0 Å². The molecule has 0 bridgehead atoms. The van der Waals surface area contributed by atoms with E-state index in [0.29, 0.717) is 18.7 Å². The van der Waals surface area contributed by atoms with E-state index in [0.717, 1.165) is 32.6 Å². The number of ether oxygens (including phenoxy) is 1. The second kappa shape index (κ2) is 6.38. The van der Waals surface area contributed by atoms with Crippen molar-refractivity contribution in [3.8, 4) is 0 Å². The Kier molecular flexibility index (Phi) is 5.45. The Morgan fingerprint density at radius 3 is 2.36 bits per heavy atom. The monoisotopic (exact) mass is 201 g/mol. The van der Waals surface area contributed by atoms with Crippen molar-refractivity contribution in [2.24, 2.45) is 0 Å². The highest BCUT2D eigenvalue weighted by Gasteiger charge is 2.24. The molecule has 2 unspecified atom stereocenters. The molecule has 2 atom stereocenters. The summed E-state index contributed by atoms with van der Waals surface area (Å²) >= 11 is 0. The average Bonchev–Trinajstić information content (AvgIpc) is 2.16. The van der Waals surface area contributed by atoms with Gasteiger partial charge in [-0.2, -0.15) is 0 Å². The van der Waals surface area contributed by atoms with Crippen LogP contribution in [0.5, 0.6) is 0 Å². The smallest absolute Gasteiger partial charge is 0.0620 e. The molecule has 0 spiro atoms. The molecule has 0 radical (unpaired) electrons. The van der Waals surface area contributed by atoms with E-state index >= 15 is 0 Å². The standard InChI is InChI=1S/C11H23NO2/c1-10-8-14-9-11(2)12(10)6-4-3-5-7-13/h10-11,13H,3-9H2,1-2H3. The van der Waals surface area contributed by atoms with Crippen LogP contribution in [0.3, 0.4) is 0 Å². The van der Waals surface area contributed by atoms with Gasteiger partial charge >= 0.3 is 0 Å². The zero-order valence-electron chi connectivity index (χ0n) is 9.41. The van der Waals surface area contributed by atoms with Gasteiger partial charge in [0.2, 0.25) is 0 Å². The third-order valence-electron chi connectivity index (χ3n) is 2.92. The summed E-state index contributed by atoms with van der Waals surface area (Å²) in [6.45, 7) is 7.65. The maximum atomic E-state index is 8.67. The first kappa shape index (κ1) is 12.0. The number of hydrogen-bond donors (Lipinski definition) is 1. The molecule has 0 aromatic carbocycles. The largest absolute Gasteiger partial charge is 0.396 e. The van der Waals surface area contributed by atoms with Crippen molar-refractivity contribution < 1.29 is 9.84 Å². The van der Waals surface area contributed by atoms with Crippen LogP contribution >= 0.6 is 0 Å². The van der Waals surface area contributed by atoms with Crippen molar-refractivity contribution in [2.45, 2.75) is 45.2 Å². The van der Waals surface area contributed by atoms with E-state index in [-0.39, 0.29) is 0 Å². The number of hydrogen-bond acceptors (Lipinski definition) is 3. The minimum absolute atomic E-state index is 0.328. The van der Waals surface area contributed by atoms with Gasteiger partial charge in [0.05, 0.1) is 13.2 Å². The highest BCUT2D eigenvalue weighted by molar-refractivity contribution is 4.77. The van der Waals surface area contributed by atoms with Crippen LogP contribution in [-0.4, -0.2) is 48.5 Å². The second-order valence-electron chi connectivity index (χ2n) is 4.26. The van der Waals surface area contributed by atoms with Crippen LogP contribution in [0.15, 0.2) is 0 Å². The Morgan fingerprint density at radius 1 is 1.14 bits per heavy atom. The minimum atomic E-state index is 0.328. The first-order valence-electron chi connectivity index (χ1n) is 5.70. The molecule has 1 saturated heterocycles. The van der Waals surface area contributed by atoms with Gasteiger partial charge in [0.15, 0.2) is 0 Å². The maximum absolute atomic E-state index is 8.67. The number of aliphatic hydroxyl groups excluding tert-OH is 1. The summed E-state index contributed by atoms with van der Waals surface area (Å²) in [5.74, 6) is 0. The summed E-state index contributed by atoms with van der Waals surface area (Å²) in [5, 5.41) is 8.67. The second-order valence-corrected chi connectivity index (χ2v) is 4.26. The lowest BCUT2D eigenvalue weighted by atomic mass is 10.1. The van der Waals surface area contributed by atoms with Crippen molar-refractivity contribution in [1.82, 2.24) is 4.90 Å². The molecule has 3 nitrogen and oxygen atoms in total. The molecule has 1 fully saturated rings. The molecule has 84 valence electrons. The van der Waals surface area contributed by atoms with E-state index < -0.39 is 0 Å². The molecule has 1 heterocycles. The summed E-state index contributed by atoms with van der Waals surface area (Å²) in [6.07, 6.45) is 3.26. The number of nitrogens with zero attached hydrogens (tertiary/aromatic N) is 1. The molecule has 1 N–H and O–H groups in total. The highest BCUT2D eigenvalue weighted by atomic mass is 16.5. The van der Waals surface area contributed by atoms with Crippen molar-refractivity contribution in [2.75, 3.05) is 26.4 Å². The lowest BCUT2D eigenvalue weighted by Crippen LogP contribution is -2.49. The molecular formula is C11H23NO2. The summed E-state index contributed by atoms with van der Waals surface area (Å²) in [7, 11) is 0. The van der Waals surface area contributed by atoms with E-state index in [1.165, 1.54) is 6.42 Å². The van der Waals surface area contributed by atoms with Gasteiger partial charge in [-0.3, -0.25) is 4.90 Å². The fraction of sp³-hybridized carbons (Fsp3) is 1.00. The topological polar surface area (TPSA) is 32.7 Å². The van der Waals surface area contributed by atoms with Gasteiger partial charge in [0, 0.05) is 18.7 Å². The van der Waals surface area contributed by atoms with E-state index in [9.17, 15) is 0 Å². The Hall–Kier alpha value is -0.120. The van der Waals surface area contributed by atoms with Crippen molar-refractivity contribution in [3.63, 3.8) is 0 Å². The van der Waals surface area contributed by atoms with Gasteiger partial charge < -0.3 is 9.84 Å². The zero-order chi connectivity index (χ0) is 10.4. The van der Waals surface area contributed by atoms with Gasteiger partial charge in [-0.1, -0.05) is 0 Å². The van der Waals surface area contributed by atoms with Gasteiger partial charge in [-0.15, -0.1) is 0 Å². The van der Waals surface area contributed by atoms with Crippen LogP contribution in [0.2, 0.25) is 0 Å². The molecular weight excluding hydrogens is 178 g/mol. The SMILES string of the molecule is CC1COCC(C)N1CCCCCO. The van der Waals surface area contributed by atoms with E-state index in [4.69, 9.17) is 9.84 Å². The minimum Gasteiger partial charge on any atom is -0.396 e. The quantitative estimate of drug-likeness (QED) is 0.680. The number of rotatable bonds is 5. The summed E-state index contributed by atoms with van der Waals surface area (Å²) < 4.78 is 5.47. The number of morpholine rings is 1. The Balaban J connectivity index is 2.19. The lowest BCUT2D eigenvalue weighted by Gasteiger charge is -2.38. The Morgan fingerprint density at radius 2 is 1.79 bits per heavy atom. The highest BCUT2D eigenvalue weighted by Crippen LogP contribution is 2.13. The first-order valence-corrected chi connectivity index (χ1v) is 5.70. The molecule has 0 aromatic rings. The lowest BCUT2D eigenvalue weighted by molar-refractivity contribution is -0.0371. The molecule has 0 amide bonds.